The average molecular weight is 310 g/mol. The molecule has 124 valence electrons. The van der Waals surface area contributed by atoms with Gasteiger partial charge in [-0.2, -0.15) is 0 Å². The van der Waals surface area contributed by atoms with E-state index in [9.17, 15) is 14.3 Å². The molecule has 1 rings (SSSR count). The summed E-state index contributed by atoms with van der Waals surface area (Å²) >= 11 is 0. The van der Waals surface area contributed by atoms with Crippen molar-refractivity contribution in [2.75, 3.05) is 6.54 Å². The third-order valence-electron chi connectivity index (χ3n) is 3.38. The topological polar surface area (TPSA) is 61.4 Å². The van der Waals surface area contributed by atoms with E-state index < -0.39 is 6.10 Å². The highest BCUT2D eigenvalue weighted by Crippen LogP contribution is 2.20. The van der Waals surface area contributed by atoms with Crippen LogP contribution in [0.2, 0.25) is 0 Å². The van der Waals surface area contributed by atoms with Crippen LogP contribution in [0.3, 0.4) is 0 Å². The molecular weight excluding hydrogens is 283 g/mol. The summed E-state index contributed by atoms with van der Waals surface area (Å²) in [6.07, 6.45) is 0.792. The van der Waals surface area contributed by atoms with Crippen LogP contribution in [0.1, 0.15) is 39.7 Å². The van der Waals surface area contributed by atoms with Gasteiger partial charge in [0.15, 0.2) is 0 Å². The maximum Gasteiger partial charge on any atom is 0.315 e. The third kappa shape index (κ3) is 7.41. The van der Waals surface area contributed by atoms with E-state index >= 15 is 0 Å². The van der Waals surface area contributed by atoms with E-state index in [1.807, 2.05) is 26.8 Å². The third-order valence-corrected chi connectivity index (χ3v) is 3.38. The molecule has 4 nitrogen and oxygen atoms in total. The van der Waals surface area contributed by atoms with Gasteiger partial charge in [0.05, 0.1) is 6.10 Å². The Hall–Kier alpha value is -1.62. The van der Waals surface area contributed by atoms with E-state index in [4.69, 9.17) is 0 Å². The summed E-state index contributed by atoms with van der Waals surface area (Å²) in [6, 6.07) is 6.03. The lowest BCUT2D eigenvalue weighted by molar-refractivity contribution is 0.128. The highest BCUT2D eigenvalue weighted by atomic mass is 19.1. The second-order valence-electron chi connectivity index (χ2n) is 6.78. The lowest BCUT2D eigenvalue weighted by Crippen LogP contribution is -2.45. The Kier molecular flexibility index (Phi) is 6.81. The fraction of sp³-hybridized carbons (Fsp3) is 0.588. The first-order chi connectivity index (χ1) is 10.2. The molecule has 0 saturated carbocycles. The zero-order chi connectivity index (χ0) is 16.8. The van der Waals surface area contributed by atoms with Gasteiger partial charge in [-0.05, 0) is 49.8 Å². The molecule has 0 heterocycles. The van der Waals surface area contributed by atoms with Crippen LogP contribution in [-0.2, 0) is 6.42 Å². The number of nitrogens with one attached hydrogen (secondary N) is 2. The molecule has 0 aromatic heterocycles. The minimum atomic E-state index is -0.397. The zero-order valence-corrected chi connectivity index (χ0v) is 13.8. The highest BCUT2D eigenvalue weighted by molar-refractivity contribution is 5.74. The van der Waals surface area contributed by atoms with Crippen molar-refractivity contribution in [1.29, 1.82) is 0 Å². The summed E-state index contributed by atoms with van der Waals surface area (Å²) in [5.74, 6) is -0.269. The number of carbonyl (C=O) groups excluding carboxylic acids is 1. The second kappa shape index (κ2) is 8.13. The van der Waals surface area contributed by atoms with Gasteiger partial charge in [-0.3, -0.25) is 0 Å². The molecule has 22 heavy (non-hydrogen) atoms. The monoisotopic (exact) mass is 310 g/mol. The van der Waals surface area contributed by atoms with Gasteiger partial charge in [0.2, 0.25) is 0 Å². The maximum atomic E-state index is 13.1. The Balaban J connectivity index is 2.38. The van der Waals surface area contributed by atoms with Gasteiger partial charge in [0.25, 0.3) is 0 Å². The van der Waals surface area contributed by atoms with E-state index in [1.54, 1.807) is 13.0 Å². The average Bonchev–Trinajstić information content (AvgIpc) is 2.34. The number of halogens is 1. The largest absolute Gasteiger partial charge is 0.393 e. The van der Waals surface area contributed by atoms with Crippen LogP contribution in [0, 0.1) is 11.2 Å². The van der Waals surface area contributed by atoms with Gasteiger partial charge >= 0.3 is 6.03 Å². The molecule has 0 aliphatic carbocycles. The van der Waals surface area contributed by atoms with Crippen molar-refractivity contribution in [3.05, 3.63) is 35.6 Å². The number of urea groups is 1. The van der Waals surface area contributed by atoms with Crippen molar-refractivity contribution < 1.29 is 14.3 Å². The minimum Gasteiger partial charge on any atom is -0.393 e. The standard InChI is InChI=1S/C17H27FN2O2/c1-12(8-14-6-5-7-15(18)9-14)20-16(22)19-11-17(3,4)10-13(2)21/h5-7,9,12-13,21H,8,10-11H2,1-4H3,(H2,19,20,22)/t12-,13+/m1/s1. The first-order valence-electron chi connectivity index (χ1n) is 7.65. The quantitative estimate of drug-likeness (QED) is 0.725. The number of benzene rings is 1. The predicted molar refractivity (Wildman–Crippen MR) is 86.2 cm³/mol. The van der Waals surface area contributed by atoms with Crippen molar-refractivity contribution in [1.82, 2.24) is 10.6 Å². The van der Waals surface area contributed by atoms with Crippen molar-refractivity contribution in [2.45, 2.75) is 52.7 Å². The Bertz CT molecular complexity index is 489. The Morgan fingerprint density at radius 2 is 2.05 bits per heavy atom. The number of hydrogen-bond donors (Lipinski definition) is 3. The molecule has 1 aromatic carbocycles. The van der Waals surface area contributed by atoms with Crippen molar-refractivity contribution in [2.24, 2.45) is 5.41 Å². The maximum absolute atomic E-state index is 13.1. The zero-order valence-electron chi connectivity index (χ0n) is 13.8. The summed E-state index contributed by atoms with van der Waals surface area (Å²) in [6.45, 7) is 8.09. The molecule has 2 amide bonds. The number of carbonyl (C=O) groups is 1. The number of aliphatic hydroxyl groups excluding tert-OH is 1. The Morgan fingerprint density at radius 1 is 1.36 bits per heavy atom. The number of rotatable bonds is 7. The second-order valence-corrected chi connectivity index (χ2v) is 6.78. The molecule has 0 aliphatic heterocycles. The van der Waals surface area contributed by atoms with Gasteiger partial charge in [-0.1, -0.05) is 26.0 Å². The fourth-order valence-corrected chi connectivity index (χ4v) is 2.53. The van der Waals surface area contributed by atoms with Crippen LogP contribution in [0.15, 0.2) is 24.3 Å². The summed E-state index contributed by atoms with van der Waals surface area (Å²) in [5.41, 5.74) is 0.680. The smallest absolute Gasteiger partial charge is 0.315 e. The molecule has 0 radical (unpaired) electrons. The summed E-state index contributed by atoms with van der Waals surface area (Å²) in [5, 5.41) is 15.1. The molecule has 0 saturated heterocycles. The van der Waals surface area contributed by atoms with Crippen molar-refractivity contribution >= 4 is 6.03 Å². The number of aliphatic hydroxyl groups is 1. The minimum absolute atomic E-state index is 0.0957. The van der Waals surface area contributed by atoms with E-state index in [0.29, 0.717) is 19.4 Å². The van der Waals surface area contributed by atoms with E-state index in [0.717, 1.165) is 5.56 Å². The first-order valence-corrected chi connectivity index (χ1v) is 7.65. The predicted octanol–water partition coefficient (Wildman–Crippen LogP) is 2.85. The molecule has 3 N–H and O–H groups in total. The van der Waals surface area contributed by atoms with Crippen LogP contribution >= 0.6 is 0 Å². The lowest BCUT2D eigenvalue weighted by atomic mass is 9.87. The Morgan fingerprint density at radius 3 is 2.64 bits per heavy atom. The molecular formula is C17H27FN2O2. The van der Waals surface area contributed by atoms with Gasteiger partial charge in [0, 0.05) is 12.6 Å². The van der Waals surface area contributed by atoms with Crippen LogP contribution in [0.4, 0.5) is 9.18 Å². The molecule has 0 spiro atoms. The molecule has 0 aliphatic rings. The van der Waals surface area contributed by atoms with Crippen LogP contribution in [-0.4, -0.2) is 29.8 Å². The lowest BCUT2D eigenvalue weighted by Gasteiger charge is -2.26. The van der Waals surface area contributed by atoms with Gasteiger partial charge in [-0.25, -0.2) is 9.18 Å². The fourth-order valence-electron chi connectivity index (χ4n) is 2.53. The van der Waals surface area contributed by atoms with Gasteiger partial charge in [0.1, 0.15) is 5.82 Å². The van der Waals surface area contributed by atoms with Crippen LogP contribution in [0.25, 0.3) is 0 Å². The molecule has 1 aromatic rings. The molecule has 0 fully saturated rings. The number of hydrogen-bond acceptors (Lipinski definition) is 2. The molecule has 0 unspecified atom stereocenters. The summed E-state index contributed by atoms with van der Waals surface area (Å²) in [4.78, 5) is 11.9. The molecule has 2 atom stereocenters. The Labute approximate surface area is 132 Å². The van der Waals surface area contributed by atoms with E-state index in [1.165, 1.54) is 12.1 Å². The van der Waals surface area contributed by atoms with Crippen LogP contribution < -0.4 is 10.6 Å². The van der Waals surface area contributed by atoms with Crippen molar-refractivity contribution in [3.8, 4) is 0 Å². The summed E-state index contributed by atoms with van der Waals surface area (Å²) < 4.78 is 13.1. The van der Waals surface area contributed by atoms with Gasteiger partial charge in [-0.15, -0.1) is 0 Å². The van der Waals surface area contributed by atoms with E-state index in [2.05, 4.69) is 10.6 Å². The molecule has 5 heteroatoms. The number of amides is 2. The first kappa shape index (κ1) is 18.4. The normalized spacial score (nSPS) is 14.3. The summed E-state index contributed by atoms with van der Waals surface area (Å²) in [7, 11) is 0. The molecule has 0 bridgehead atoms. The van der Waals surface area contributed by atoms with Crippen LogP contribution in [0.5, 0.6) is 0 Å². The SMILES string of the molecule is C[C@H](O)CC(C)(C)CNC(=O)N[C@H](C)Cc1cccc(F)c1. The van der Waals surface area contributed by atoms with Gasteiger partial charge < -0.3 is 15.7 Å². The highest BCUT2D eigenvalue weighted by Gasteiger charge is 2.21. The van der Waals surface area contributed by atoms with Crippen molar-refractivity contribution in [3.63, 3.8) is 0 Å². The van der Waals surface area contributed by atoms with E-state index in [-0.39, 0.29) is 23.3 Å².